The number of benzene rings is 2. The molecule has 1 fully saturated rings. The summed E-state index contributed by atoms with van der Waals surface area (Å²) in [5.74, 6) is 2.08. The fraction of sp³-hybridized carbons (Fsp3) is 0.333. The van der Waals surface area contributed by atoms with Gasteiger partial charge in [-0.05, 0) is 68.3 Å². The number of pyridine rings is 1. The third-order valence-electron chi connectivity index (χ3n) is 5.58. The molecule has 1 aliphatic rings. The summed E-state index contributed by atoms with van der Waals surface area (Å²) in [6.07, 6.45) is 1.57. The molecule has 6 nitrogen and oxygen atoms in total. The van der Waals surface area contributed by atoms with Crippen molar-refractivity contribution in [2.24, 2.45) is 0 Å². The van der Waals surface area contributed by atoms with Crippen LogP contribution in [-0.2, 0) is 11.3 Å². The van der Waals surface area contributed by atoms with Crippen LogP contribution >= 0.6 is 0 Å². The van der Waals surface area contributed by atoms with Crippen molar-refractivity contribution in [2.75, 3.05) is 31.1 Å². The summed E-state index contributed by atoms with van der Waals surface area (Å²) in [5, 5.41) is 0. The van der Waals surface area contributed by atoms with Gasteiger partial charge in [0.1, 0.15) is 22.9 Å². The molecule has 0 saturated carbocycles. The van der Waals surface area contributed by atoms with E-state index in [0.717, 1.165) is 44.2 Å². The average molecular weight is 446 g/mol. The summed E-state index contributed by atoms with van der Waals surface area (Å²) in [6.45, 7) is 10.1. The zero-order valence-electron chi connectivity index (χ0n) is 19.5. The minimum atomic E-state index is -0.316. The summed E-state index contributed by atoms with van der Waals surface area (Å²) in [4.78, 5) is 21.5. The maximum Gasteiger partial charge on any atom is 0.342 e. The van der Waals surface area contributed by atoms with Crippen molar-refractivity contribution < 1.29 is 14.3 Å². The number of rotatable bonds is 7. The molecule has 0 bridgehead atoms. The van der Waals surface area contributed by atoms with E-state index >= 15 is 0 Å². The van der Waals surface area contributed by atoms with Crippen molar-refractivity contribution >= 4 is 11.8 Å². The molecule has 3 aromatic rings. The Balaban J connectivity index is 1.32. The number of carbonyl (C=O) groups is 1. The van der Waals surface area contributed by atoms with Gasteiger partial charge in [0, 0.05) is 38.9 Å². The van der Waals surface area contributed by atoms with E-state index in [9.17, 15) is 4.79 Å². The second-order valence-electron chi connectivity index (χ2n) is 8.65. The fourth-order valence-corrected chi connectivity index (χ4v) is 3.94. The van der Waals surface area contributed by atoms with Crippen LogP contribution in [0.5, 0.6) is 11.5 Å². The molecule has 2 aromatic carbocycles. The summed E-state index contributed by atoms with van der Waals surface area (Å²) >= 11 is 0. The van der Waals surface area contributed by atoms with Gasteiger partial charge in [-0.2, -0.15) is 0 Å². The first kappa shape index (κ1) is 22.8. The van der Waals surface area contributed by atoms with Crippen LogP contribution < -0.4 is 9.64 Å². The molecule has 1 aromatic heterocycles. The number of nitrogens with zero attached hydrogens (tertiary/aromatic N) is 3. The number of aryl methyl sites for hydroxylation is 1. The number of hydrogen-bond donors (Lipinski definition) is 0. The van der Waals surface area contributed by atoms with Crippen molar-refractivity contribution in [1.29, 1.82) is 0 Å². The SMILES string of the molecule is Cc1cccc(Oc2ccc(CN3CCN(c4ncccc4C(=O)OC(C)C)CC3)cc2)c1. The maximum atomic E-state index is 12.5. The standard InChI is InChI=1S/C27H31N3O3/c1-20(2)32-27(31)25-8-5-13-28-26(25)30-16-14-29(15-17-30)19-22-9-11-23(12-10-22)33-24-7-4-6-21(3)18-24/h4-13,18,20H,14-17,19H2,1-3H3. The van der Waals surface area contributed by atoms with E-state index in [-0.39, 0.29) is 12.1 Å². The van der Waals surface area contributed by atoms with E-state index in [1.165, 1.54) is 11.1 Å². The highest BCUT2D eigenvalue weighted by Crippen LogP contribution is 2.24. The predicted molar refractivity (Wildman–Crippen MR) is 130 cm³/mol. The molecule has 0 aliphatic carbocycles. The number of anilines is 1. The average Bonchev–Trinajstić information content (AvgIpc) is 2.80. The third-order valence-corrected chi connectivity index (χ3v) is 5.58. The Labute approximate surface area is 195 Å². The Kier molecular flexibility index (Phi) is 7.25. The van der Waals surface area contributed by atoms with Gasteiger partial charge in [0.2, 0.25) is 0 Å². The third kappa shape index (κ3) is 6.11. The summed E-state index contributed by atoms with van der Waals surface area (Å²) in [6, 6.07) is 19.9. The smallest absolute Gasteiger partial charge is 0.342 e. The molecule has 0 amide bonds. The first-order valence-corrected chi connectivity index (χ1v) is 11.4. The van der Waals surface area contributed by atoms with E-state index in [1.807, 2.05) is 44.2 Å². The van der Waals surface area contributed by atoms with Gasteiger partial charge in [-0.25, -0.2) is 9.78 Å². The van der Waals surface area contributed by atoms with Crippen LogP contribution in [0, 0.1) is 6.92 Å². The van der Waals surface area contributed by atoms with Crippen LogP contribution in [0.25, 0.3) is 0 Å². The van der Waals surface area contributed by atoms with Gasteiger partial charge in [0.05, 0.1) is 6.10 Å². The maximum absolute atomic E-state index is 12.5. The molecule has 4 rings (SSSR count). The predicted octanol–water partition coefficient (Wildman–Crippen LogP) is 5.07. The molecule has 33 heavy (non-hydrogen) atoms. The van der Waals surface area contributed by atoms with E-state index < -0.39 is 0 Å². The van der Waals surface area contributed by atoms with Gasteiger partial charge < -0.3 is 14.4 Å². The van der Waals surface area contributed by atoms with Gasteiger partial charge in [-0.3, -0.25) is 4.90 Å². The van der Waals surface area contributed by atoms with Crippen LogP contribution in [0.2, 0.25) is 0 Å². The van der Waals surface area contributed by atoms with E-state index in [1.54, 1.807) is 18.3 Å². The van der Waals surface area contributed by atoms with Crippen molar-refractivity contribution in [3.8, 4) is 11.5 Å². The van der Waals surface area contributed by atoms with Gasteiger partial charge in [0.25, 0.3) is 0 Å². The molecule has 172 valence electrons. The largest absolute Gasteiger partial charge is 0.459 e. The lowest BCUT2D eigenvalue weighted by atomic mass is 10.1. The lowest BCUT2D eigenvalue weighted by molar-refractivity contribution is 0.0378. The lowest BCUT2D eigenvalue weighted by Crippen LogP contribution is -2.46. The zero-order chi connectivity index (χ0) is 23.2. The monoisotopic (exact) mass is 445 g/mol. The summed E-state index contributed by atoms with van der Waals surface area (Å²) in [5.41, 5.74) is 2.96. The Morgan fingerprint density at radius 3 is 2.42 bits per heavy atom. The second kappa shape index (κ2) is 10.5. The van der Waals surface area contributed by atoms with E-state index in [4.69, 9.17) is 9.47 Å². The molecule has 2 heterocycles. The number of piperazine rings is 1. The number of carbonyl (C=O) groups excluding carboxylic acids is 1. The molecule has 0 radical (unpaired) electrons. The van der Waals surface area contributed by atoms with E-state index in [0.29, 0.717) is 11.4 Å². The van der Waals surface area contributed by atoms with Gasteiger partial charge in [0.15, 0.2) is 0 Å². The van der Waals surface area contributed by atoms with Crippen LogP contribution in [0.4, 0.5) is 5.82 Å². The normalized spacial score (nSPS) is 14.4. The molecule has 0 spiro atoms. The Hall–Kier alpha value is -3.38. The van der Waals surface area contributed by atoms with Gasteiger partial charge >= 0.3 is 5.97 Å². The molecule has 1 saturated heterocycles. The molecule has 0 atom stereocenters. The topological polar surface area (TPSA) is 54.9 Å². The fourth-order valence-electron chi connectivity index (χ4n) is 3.94. The minimum Gasteiger partial charge on any atom is -0.459 e. The number of ether oxygens (including phenoxy) is 2. The summed E-state index contributed by atoms with van der Waals surface area (Å²) < 4.78 is 11.4. The van der Waals surface area contributed by atoms with Crippen molar-refractivity contribution in [2.45, 2.75) is 33.4 Å². The molecular weight excluding hydrogens is 414 g/mol. The first-order chi connectivity index (χ1) is 16.0. The van der Waals surface area contributed by atoms with Gasteiger partial charge in [-0.1, -0.05) is 24.3 Å². The Bertz CT molecular complexity index is 1070. The second-order valence-corrected chi connectivity index (χ2v) is 8.65. The molecule has 0 N–H and O–H groups in total. The highest BCUT2D eigenvalue weighted by molar-refractivity contribution is 5.94. The molecule has 6 heteroatoms. The molecule has 0 unspecified atom stereocenters. The Morgan fingerprint density at radius 1 is 0.970 bits per heavy atom. The van der Waals surface area contributed by atoms with Gasteiger partial charge in [-0.15, -0.1) is 0 Å². The van der Waals surface area contributed by atoms with Crippen molar-refractivity contribution in [3.63, 3.8) is 0 Å². The Morgan fingerprint density at radius 2 is 1.73 bits per heavy atom. The van der Waals surface area contributed by atoms with Crippen molar-refractivity contribution in [3.05, 3.63) is 83.6 Å². The highest BCUT2D eigenvalue weighted by atomic mass is 16.5. The van der Waals surface area contributed by atoms with Crippen molar-refractivity contribution in [1.82, 2.24) is 9.88 Å². The van der Waals surface area contributed by atoms with Crippen LogP contribution in [0.3, 0.4) is 0 Å². The zero-order valence-corrected chi connectivity index (χ0v) is 19.5. The van der Waals surface area contributed by atoms with E-state index in [2.05, 4.69) is 39.9 Å². The van der Waals surface area contributed by atoms with Crippen LogP contribution in [0.1, 0.15) is 35.3 Å². The number of aromatic nitrogens is 1. The number of esters is 1. The first-order valence-electron chi connectivity index (χ1n) is 11.4. The minimum absolute atomic E-state index is 0.156. The molecular formula is C27H31N3O3. The summed E-state index contributed by atoms with van der Waals surface area (Å²) in [7, 11) is 0. The highest BCUT2D eigenvalue weighted by Gasteiger charge is 2.23. The number of hydrogen-bond acceptors (Lipinski definition) is 6. The molecule has 1 aliphatic heterocycles. The quantitative estimate of drug-likeness (QED) is 0.473. The van der Waals surface area contributed by atoms with Crippen LogP contribution in [0.15, 0.2) is 66.9 Å². The lowest BCUT2D eigenvalue weighted by Gasteiger charge is -2.36. The van der Waals surface area contributed by atoms with Crippen LogP contribution in [-0.4, -0.2) is 48.1 Å².